The first kappa shape index (κ1) is 10.6. The summed E-state index contributed by atoms with van der Waals surface area (Å²) in [5, 5.41) is 3.43. The second kappa shape index (κ2) is 4.36. The minimum Gasteiger partial charge on any atom is -0.338 e. The number of piperidine rings is 1. The van der Waals surface area contributed by atoms with Gasteiger partial charge in [-0.05, 0) is 44.6 Å². The molecule has 2 bridgehead atoms. The Morgan fingerprint density at radius 2 is 2.06 bits per heavy atom. The zero-order chi connectivity index (χ0) is 11.0. The van der Waals surface area contributed by atoms with Gasteiger partial charge in [-0.3, -0.25) is 4.79 Å². The molecule has 0 aromatic heterocycles. The Labute approximate surface area is 97.6 Å². The van der Waals surface area contributed by atoms with Crippen molar-refractivity contribution in [3.63, 3.8) is 0 Å². The molecule has 0 aromatic rings. The molecule has 3 nitrogen and oxygen atoms in total. The lowest BCUT2D eigenvalue weighted by Crippen LogP contribution is -2.49. The molecule has 3 aliphatic rings. The molecule has 2 heterocycles. The highest BCUT2D eigenvalue weighted by atomic mass is 16.2. The number of nitrogens with zero attached hydrogens (tertiary/aromatic N) is 1. The van der Waals surface area contributed by atoms with Crippen LogP contribution in [-0.4, -0.2) is 36.0 Å². The number of hydrogen-bond acceptors (Lipinski definition) is 2. The van der Waals surface area contributed by atoms with Gasteiger partial charge < -0.3 is 10.2 Å². The average Bonchev–Trinajstić information content (AvgIpc) is 2.82. The number of likely N-dealkylation sites (tertiary alicyclic amines) is 1. The molecule has 1 amide bonds. The molecule has 3 heteroatoms. The molecular weight excluding hydrogens is 200 g/mol. The van der Waals surface area contributed by atoms with E-state index in [1.165, 1.54) is 38.5 Å². The molecule has 90 valence electrons. The lowest BCUT2D eigenvalue weighted by molar-refractivity contribution is -0.135. The van der Waals surface area contributed by atoms with Crippen molar-refractivity contribution in [1.29, 1.82) is 0 Å². The molecule has 3 fully saturated rings. The quantitative estimate of drug-likeness (QED) is 0.729. The van der Waals surface area contributed by atoms with Gasteiger partial charge in [-0.15, -0.1) is 0 Å². The number of rotatable bonds is 1. The Hall–Kier alpha value is -0.570. The minimum absolute atomic E-state index is 0.127. The summed E-state index contributed by atoms with van der Waals surface area (Å²) in [6, 6.07) is 0.712. The Morgan fingerprint density at radius 3 is 2.81 bits per heavy atom. The second-order valence-corrected chi connectivity index (χ2v) is 5.68. The standard InChI is InChI=1S/C13H22N2O/c16-13(12-4-2-1-3-7-14-12)15-9-10-5-6-11(15)8-10/h10-12,14H,1-9H2. The number of nitrogens with one attached hydrogen (secondary N) is 1. The summed E-state index contributed by atoms with van der Waals surface area (Å²) < 4.78 is 0. The van der Waals surface area contributed by atoms with Gasteiger partial charge >= 0.3 is 0 Å². The molecule has 16 heavy (non-hydrogen) atoms. The van der Waals surface area contributed by atoms with Gasteiger partial charge in [0.15, 0.2) is 0 Å². The van der Waals surface area contributed by atoms with E-state index in [1.54, 1.807) is 0 Å². The summed E-state index contributed by atoms with van der Waals surface area (Å²) in [5.74, 6) is 1.22. The molecule has 1 aliphatic carbocycles. The monoisotopic (exact) mass is 222 g/mol. The van der Waals surface area contributed by atoms with Gasteiger partial charge in [-0.2, -0.15) is 0 Å². The maximum absolute atomic E-state index is 12.4. The largest absolute Gasteiger partial charge is 0.338 e. The molecular formula is C13H22N2O. The van der Waals surface area contributed by atoms with Gasteiger partial charge in [0.25, 0.3) is 0 Å². The van der Waals surface area contributed by atoms with Crippen LogP contribution in [0.15, 0.2) is 0 Å². The fraction of sp³-hybridized carbons (Fsp3) is 0.923. The van der Waals surface area contributed by atoms with Crippen LogP contribution in [0.3, 0.4) is 0 Å². The van der Waals surface area contributed by atoms with Crippen LogP contribution in [0, 0.1) is 5.92 Å². The van der Waals surface area contributed by atoms with E-state index in [2.05, 4.69) is 10.2 Å². The number of carbonyl (C=O) groups is 1. The summed E-state index contributed by atoms with van der Waals surface area (Å²) >= 11 is 0. The normalized spacial score (nSPS) is 38.8. The topological polar surface area (TPSA) is 32.3 Å². The van der Waals surface area contributed by atoms with Gasteiger partial charge in [0.2, 0.25) is 5.91 Å². The molecule has 0 radical (unpaired) electrons. The van der Waals surface area contributed by atoms with E-state index in [0.29, 0.717) is 11.9 Å². The summed E-state index contributed by atoms with van der Waals surface area (Å²) in [6.45, 7) is 2.07. The lowest BCUT2D eigenvalue weighted by Gasteiger charge is -2.30. The Bertz CT molecular complexity index is 271. The first-order valence-electron chi connectivity index (χ1n) is 6.88. The van der Waals surface area contributed by atoms with Gasteiger partial charge in [0.05, 0.1) is 6.04 Å². The number of fused-ring (bicyclic) bond motifs is 2. The van der Waals surface area contributed by atoms with Crippen LogP contribution in [0.25, 0.3) is 0 Å². The predicted octanol–water partition coefficient (Wildman–Crippen LogP) is 1.53. The molecule has 3 atom stereocenters. The number of amides is 1. The molecule has 3 rings (SSSR count). The van der Waals surface area contributed by atoms with Crippen molar-refractivity contribution in [1.82, 2.24) is 10.2 Å². The Balaban J connectivity index is 1.63. The molecule has 2 saturated heterocycles. The summed E-state index contributed by atoms with van der Waals surface area (Å²) in [5.41, 5.74) is 0. The summed E-state index contributed by atoms with van der Waals surface area (Å²) in [4.78, 5) is 14.6. The maximum atomic E-state index is 12.4. The van der Waals surface area contributed by atoms with Gasteiger partial charge in [0, 0.05) is 12.6 Å². The minimum atomic E-state index is 0.127. The summed E-state index contributed by atoms with van der Waals surface area (Å²) in [7, 11) is 0. The zero-order valence-corrected chi connectivity index (χ0v) is 9.95. The highest BCUT2D eigenvalue weighted by Gasteiger charge is 2.41. The third kappa shape index (κ3) is 1.86. The van der Waals surface area contributed by atoms with Crippen molar-refractivity contribution >= 4 is 5.91 Å². The van der Waals surface area contributed by atoms with E-state index < -0.39 is 0 Å². The highest BCUT2D eigenvalue weighted by molar-refractivity contribution is 5.82. The van der Waals surface area contributed by atoms with E-state index in [4.69, 9.17) is 0 Å². The Morgan fingerprint density at radius 1 is 1.12 bits per heavy atom. The Kier molecular flexibility index (Phi) is 2.88. The van der Waals surface area contributed by atoms with Crippen molar-refractivity contribution < 1.29 is 4.79 Å². The average molecular weight is 222 g/mol. The smallest absolute Gasteiger partial charge is 0.239 e. The van der Waals surface area contributed by atoms with Crippen molar-refractivity contribution in [2.45, 2.75) is 57.0 Å². The number of carbonyl (C=O) groups excluding carboxylic acids is 1. The van der Waals surface area contributed by atoms with E-state index in [-0.39, 0.29) is 6.04 Å². The van der Waals surface area contributed by atoms with E-state index in [9.17, 15) is 4.79 Å². The highest BCUT2D eigenvalue weighted by Crippen LogP contribution is 2.37. The summed E-state index contributed by atoms with van der Waals surface area (Å²) in [6.07, 6.45) is 8.66. The maximum Gasteiger partial charge on any atom is 0.239 e. The molecule has 2 aliphatic heterocycles. The molecule has 1 saturated carbocycles. The van der Waals surface area contributed by atoms with Crippen LogP contribution in [0.2, 0.25) is 0 Å². The predicted molar refractivity (Wildman–Crippen MR) is 63.1 cm³/mol. The van der Waals surface area contributed by atoms with Gasteiger partial charge in [-0.1, -0.05) is 12.8 Å². The van der Waals surface area contributed by atoms with E-state index in [0.717, 1.165) is 25.4 Å². The van der Waals surface area contributed by atoms with Crippen LogP contribution in [-0.2, 0) is 4.79 Å². The van der Waals surface area contributed by atoms with Crippen molar-refractivity contribution in [2.75, 3.05) is 13.1 Å². The molecule has 3 unspecified atom stereocenters. The van der Waals surface area contributed by atoms with Gasteiger partial charge in [-0.25, -0.2) is 0 Å². The number of hydrogen-bond donors (Lipinski definition) is 1. The van der Waals surface area contributed by atoms with E-state index >= 15 is 0 Å². The van der Waals surface area contributed by atoms with Crippen LogP contribution in [0.1, 0.15) is 44.9 Å². The van der Waals surface area contributed by atoms with Crippen LogP contribution in [0.4, 0.5) is 0 Å². The van der Waals surface area contributed by atoms with Gasteiger partial charge in [0.1, 0.15) is 0 Å². The fourth-order valence-corrected chi connectivity index (χ4v) is 3.63. The SMILES string of the molecule is O=C(C1CCCCCN1)N1CC2CCC1C2. The first-order chi connectivity index (χ1) is 7.84. The lowest BCUT2D eigenvalue weighted by atomic mass is 10.1. The van der Waals surface area contributed by atoms with Crippen LogP contribution in [0.5, 0.6) is 0 Å². The first-order valence-corrected chi connectivity index (χ1v) is 6.88. The van der Waals surface area contributed by atoms with Crippen molar-refractivity contribution in [3.8, 4) is 0 Å². The third-order valence-electron chi connectivity index (χ3n) is 4.55. The van der Waals surface area contributed by atoms with Crippen molar-refractivity contribution in [3.05, 3.63) is 0 Å². The molecule has 1 N–H and O–H groups in total. The fourth-order valence-electron chi connectivity index (χ4n) is 3.63. The van der Waals surface area contributed by atoms with E-state index in [1.807, 2.05) is 0 Å². The second-order valence-electron chi connectivity index (χ2n) is 5.68. The zero-order valence-electron chi connectivity index (χ0n) is 9.95. The van der Waals surface area contributed by atoms with Crippen LogP contribution < -0.4 is 5.32 Å². The molecule has 0 aromatic carbocycles. The van der Waals surface area contributed by atoms with Crippen LogP contribution >= 0.6 is 0 Å². The van der Waals surface area contributed by atoms with Crippen molar-refractivity contribution in [2.24, 2.45) is 5.92 Å². The third-order valence-corrected chi connectivity index (χ3v) is 4.55. The molecule has 0 spiro atoms.